The van der Waals surface area contributed by atoms with E-state index in [4.69, 9.17) is 4.74 Å². The molecule has 18 heavy (non-hydrogen) atoms. The molecule has 0 bridgehead atoms. The highest BCUT2D eigenvalue weighted by Gasteiger charge is 2.25. The molecule has 1 N–H and O–H groups in total. The summed E-state index contributed by atoms with van der Waals surface area (Å²) in [5.74, 6) is 0.156. The van der Waals surface area contributed by atoms with Gasteiger partial charge >= 0.3 is 0 Å². The van der Waals surface area contributed by atoms with Gasteiger partial charge in [-0.05, 0) is 33.1 Å². The molecule has 0 unspecified atom stereocenters. The molecule has 0 saturated carbocycles. The molecule has 1 heterocycles. The third-order valence-electron chi connectivity index (χ3n) is 3.50. The normalized spacial score (nSPS) is 17.4. The van der Waals surface area contributed by atoms with Gasteiger partial charge in [0.25, 0.3) is 0 Å². The van der Waals surface area contributed by atoms with E-state index in [0.29, 0.717) is 18.6 Å². The van der Waals surface area contributed by atoms with Crippen molar-refractivity contribution in [2.45, 2.75) is 58.5 Å². The Labute approximate surface area is 111 Å². The molecular weight excluding hydrogens is 228 g/mol. The first-order valence-electron chi connectivity index (χ1n) is 7.25. The molecule has 1 aliphatic rings. The number of amides is 1. The van der Waals surface area contributed by atoms with Crippen LogP contribution in [0.15, 0.2) is 0 Å². The fraction of sp³-hybridized carbons (Fsp3) is 0.929. The van der Waals surface area contributed by atoms with Crippen LogP contribution in [0.1, 0.15) is 46.5 Å². The predicted molar refractivity (Wildman–Crippen MR) is 73.6 cm³/mol. The fourth-order valence-corrected chi connectivity index (χ4v) is 2.38. The molecule has 0 aromatic heterocycles. The second kappa shape index (κ2) is 8.48. The van der Waals surface area contributed by atoms with Crippen molar-refractivity contribution in [3.05, 3.63) is 0 Å². The van der Waals surface area contributed by atoms with Crippen molar-refractivity contribution in [3.63, 3.8) is 0 Å². The van der Waals surface area contributed by atoms with E-state index in [9.17, 15) is 4.79 Å². The first-order valence-corrected chi connectivity index (χ1v) is 7.25. The van der Waals surface area contributed by atoms with Gasteiger partial charge in [-0.15, -0.1) is 0 Å². The number of carbonyl (C=O) groups is 1. The first kappa shape index (κ1) is 15.4. The third kappa shape index (κ3) is 5.36. The molecule has 0 aromatic carbocycles. The second-order valence-corrected chi connectivity index (χ2v) is 5.31. The van der Waals surface area contributed by atoms with E-state index in [2.05, 4.69) is 31.0 Å². The maximum Gasteiger partial charge on any atom is 0.234 e. The number of nitrogens with zero attached hydrogens (tertiary/aromatic N) is 1. The van der Waals surface area contributed by atoms with Gasteiger partial charge in [-0.1, -0.05) is 13.3 Å². The Bertz CT molecular complexity index is 238. The summed E-state index contributed by atoms with van der Waals surface area (Å²) in [5, 5.41) is 3.00. The number of hydrogen-bond donors (Lipinski definition) is 1. The zero-order chi connectivity index (χ0) is 13.4. The van der Waals surface area contributed by atoms with Gasteiger partial charge in [-0.2, -0.15) is 0 Å². The van der Waals surface area contributed by atoms with Gasteiger partial charge in [-0.25, -0.2) is 0 Å². The molecule has 106 valence electrons. The van der Waals surface area contributed by atoms with E-state index in [1.165, 1.54) is 0 Å². The zero-order valence-corrected chi connectivity index (χ0v) is 12.1. The summed E-state index contributed by atoms with van der Waals surface area (Å²) in [7, 11) is 0. The van der Waals surface area contributed by atoms with Crippen LogP contribution in [0.25, 0.3) is 0 Å². The molecule has 1 saturated heterocycles. The van der Waals surface area contributed by atoms with Crippen molar-refractivity contribution < 1.29 is 9.53 Å². The Balaban J connectivity index is 2.39. The second-order valence-electron chi connectivity index (χ2n) is 5.31. The first-order chi connectivity index (χ1) is 8.65. The van der Waals surface area contributed by atoms with Crippen LogP contribution in [0.5, 0.6) is 0 Å². The highest BCUT2D eigenvalue weighted by atomic mass is 16.5. The Kier molecular flexibility index (Phi) is 7.28. The quantitative estimate of drug-likeness (QED) is 0.706. The van der Waals surface area contributed by atoms with Crippen LogP contribution in [0.2, 0.25) is 0 Å². The molecular formula is C14H28N2O2. The molecule has 4 nitrogen and oxygen atoms in total. The number of carbonyl (C=O) groups excluding carboxylic acids is 1. The van der Waals surface area contributed by atoms with Crippen molar-refractivity contribution in [2.24, 2.45) is 0 Å². The van der Waals surface area contributed by atoms with Crippen LogP contribution in [-0.4, -0.2) is 49.2 Å². The summed E-state index contributed by atoms with van der Waals surface area (Å²) < 4.78 is 5.39. The maximum absolute atomic E-state index is 11.9. The van der Waals surface area contributed by atoms with Gasteiger partial charge in [0.15, 0.2) is 0 Å². The molecule has 0 aliphatic carbocycles. The van der Waals surface area contributed by atoms with E-state index in [0.717, 1.165) is 45.4 Å². The summed E-state index contributed by atoms with van der Waals surface area (Å²) in [6, 6.07) is 0.903. The predicted octanol–water partition coefficient (Wildman–Crippen LogP) is 1.79. The Morgan fingerprint density at radius 2 is 2.06 bits per heavy atom. The van der Waals surface area contributed by atoms with Crippen molar-refractivity contribution in [1.29, 1.82) is 0 Å². The molecule has 1 fully saturated rings. The van der Waals surface area contributed by atoms with Crippen molar-refractivity contribution in [3.8, 4) is 0 Å². The van der Waals surface area contributed by atoms with Crippen LogP contribution >= 0.6 is 0 Å². The van der Waals surface area contributed by atoms with Crippen LogP contribution < -0.4 is 5.32 Å². The van der Waals surface area contributed by atoms with E-state index in [1.54, 1.807) is 0 Å². The lowest BCUT2D eigenvalue weighted by atomic mass is 10.1. The standard InChI is InChI=1S/C14H28N2O2/c1-4-5-8-15-14(17)11-16(12(2)3)13-6-9-18-10-7-13/h12-13H,4-11H2,1-3H3,(H,15,17). The van der Waals surface area contributed by atoms with Crippen LogP contribution in [0, 0.1) is 0 Å². The fourth-order valence-electron chi connectivity index (χ4n) is 2.38. The van der Waals surface area contributed by atoms with Gasteiger partial charge in [0.1, 0.15) is 0 Å². The highest BCUT2D eigenvalue weighted by Crippen LogP contribution is 2.16. The van der Waals surface area contributed by atoms with Crippen LogP contribution in [0.4, 0.5) is 0 Å². The molecule has 1 amide bonds. The largest absolute Gasteiger partial charge is 0.381 e. The van der Waals surface area contributed by atoms with E-state index < -0.39 is 0 Å². The van der Waals surface area contributed by atoms with Gasteiger partial charge in [0.2, 0.25) is 5.91 Å². The summed E-state index contributed by atoms with van der Waals surface area (Å²) >= 11 is 0. The average molecular weight is 256 g/mol. The van der Waals surface area contributed by atoms with Crippen molar-refractivity contribution in [1.82, 2.24) is 10.2 Å². The summed E-state index contributed by atoms with van der Waals surface area (Å²) in [6.07, 6.45) is 4.26. The number of nitrogens with one attached hydrogen (secondary N) is 1. The topological polar surface area (TPSA) is 41.6 Å². The van der Waals surface area contributed by atoms with Gasteiger partial charge < -0.3 is 10.1 Å². The monoisotopic (exact) mass is 256 g/mol. The number of rotatable bonds is 7. The minimum atomic E-state index is 0.156. The van der Waals surface area contributed by atoms with Gasteiger partial charge in [0, 0.05) is 31.8 Å². The lowest BCUT2D eigenvalue weighted by Gasteiger charge is -2.36. The molecule has 0 spiro atoms. The lowest BCUT2D eigenvalue weighted by Crippen LogP contribution is -2.48. The number of unbranched alkanes of at least 4 members (excludes halogenated alkanes) is 1. The number of hydrogen-bond acceptors (Lipinski definition) is 3. The molecule has 4 heteroatoms. The van der Waals surface area contributed by atoms with Gasteiger partial charge in [0.05, 0.1) is 6.54 Å². The minimum Gasteiger partial charge on any atom is -0.381 e. The smallest absolute Gasteiger partial charge is 0.234 e. The molecule has 0 atom stereocenters. The molecule has 1 aliphatic heterocycles. The summed E-state index contributed by atoms with van der Waals surface area (Å²) in [4.78, 5) is 14.2. The van der Waals surface area contributed by atoms with E-state index >= 15 is 0 Å². The van der Waals surface area contributed by atoms with E-state index in [-0.39, 0.29) is 5.91 Å². The Hall–Kier alpha value is -0.610. The Morgan fingerprint density at radius 3 is 2.61 bits per heavy atom. The minimum absolute atomic E-state index is 0.156. The van der Waals surface area contributed by atoms with Crippen LogP contribution in [-0.2, 0) is 9.53 Å². The molecule has 0 aromatic rings. The van der Waals surface area contributed by atoms with Crippen molar-refractivity contribution >= 4 is 5.91 Å². The SMILES string of the molecule is CCCCNC(=O)CN(C(C)C)C1CCOCC1. The zero-order valence-electron chi connectivity index (χ0n) is 12.1. The average Bonchev–Trinajstić information content (AvgIpc) is 2.37. The highest BCUT2D eigenvalue weighted by molar-refractivity contribution is 5.78. The van der Waals surface area contributed by atoms with Gasteiger partial charge in [-0.3, -0.25) is 9.69 Å². The van der Waals surface area contributed by atoms with Crippen LogP contribution in [0.3, 0.4) is 0 Å². The third-order valence-corrected chi connectivity index (χ3v) is 3.50. The summed E-state index contributed by atoms with van der Waals surface area (Å²) in [6.45, 7) is 9.43. The molecule has 0 radical (unpaired) electrons. The number of ether oxygens (including phenoxy) is 1. The Morgan fingerprint density at radius 1 is 1.39 bits per heavy atom. The lowest BCUT2D eigenvalue weighted by molar-refractivity contribution is -0.124. The summed E-state index contributed by atoms with van der Waals surface area (Å²) in [5.41, 5.74) is 0. The van der Waals surface area contributed by atoms with Crippen molar-refractivity contribution in [2.75, 3.05) is 26.3 Å². The van der Waals surface area contributed by atoms with E-state index in [1.807, 2.05) is 0 Å². The maximum atomic E-state index is 11.9. The molecule has 1 rings (SSSR count).